The maximum atomic E-state index is 11.3. The van der Waals surface area contributed by atoms with Gasteiger partial charge in [0.2, 0.25) is 5.84 Å². The number of quaternary nitrogens is 1. The molecule has 2 atom stereocenters. The first-order chi connectivity index (χ1) is 16.0. The molecule has 0 radical (unpaired) electrons. The highest BCUT2D eigenvalue weighted by atomic mass is 16.4. The highest BCUT2D eigenvalue weighted by molar-refractivity contribution is 5.81. The molecule has 5 nitrogen and oxygen atoms in total. The number of carbonyl (C=O) groups is 1. The number of aliphatic carboxylic acids is 1. The van der Waals surface area contributed by atoms with Crippen molar-refractivity contribution in [3.8, 4) is 0 Å². The Balaban J connectivity index is 1.93. The van der Waals surface area contributed by atoms with Crippen molar-refractivity contribution in [2.45, 2.75) is 136 Å². The molecular weight excluding hydrogens is 410 g/mol. The predicted molar refractivity (Wildman–Crippen MR) is 141 cm³/mol. The lowest BCUT2D eigenvalue weighted by Crippen LogP contribution is -2.59. The minimum Gasteiger partial charge on any atom is -0.477 e. The molecule has 5 heteroatoms. The minimum atomic E-state index is -0.837. The van der Waals surface area contributed by atoms with Gasteiger partial charge in [-0.1, -0.05) is 96.1 Å². The van der Waals surface area contributed by atoms with Crippen LogP contribution in [0.3, 0.4) is 0 Å². The van der Waals surface area contributed by atoms with Crippen molar-refractivity contribution < 1.29 is 14.4 Å². The summed E-state index contributed by atoms with van der Waals surface area (Å²) in [5.41, 5.74) is 6.12. The van der Waals surface area contributed by atoms with Crippen molar-refractivity contribution in [1.82, 2.24) is 0 Å². The summed E-state index contributed by atoms with van der Waals surface area (Å²) >= 11 is 0. The summed E-state index contributed by atoms with van der Waals surface area (Å²) in [6.45, 7) is 4.11. The molecule has 33 heavy (non-hydrogen) atoms. The zero-order valence-corrected chi connectivity index (χ0v) is 21.6. The lowest BCUT2D eigenvalue weighted by atomic mass is 10.0. The zero-order chi connectivity index (χ0) is 24.2. The quantitative estimate of drug-likeness (QED) is 0.0984. The molecule has 0 aromatic carbocycles. The first-order valence-corrected chi connectivity index (χ1v) is 13.8. The van der Waals surface area contributed by atoms with E-state index in [1.165, 1.54) is 103 Å². The van der Waals surface area contributed by atoms with Crippen LogP contribution >= 0.6 is 0 Å². The summed E-state index contributed by atoms with van der Waals surface area (Å²) < 4.78 is 0.171. The smallest absolute Gasteiger partial charge is 0.360 e. The number of hydrogen-bond donors (Lipinski definition) is 2. The van der Waals surface area contributed by atoms with Crippen LogP contribution in [0.2, 0.25) is 0 Å². The SMILES string of the molecule is CCCCCCC/C=C/CCCCCCCCCCCCC1=NC=C[N+]1(CC(=O)O)C(C)N. The van der Waals surface area contributed by atoms with Gasteiger partial charge in [0.1, 0.15) is 12.4 Å². The summed E-state index contributed by atoms with van der Waals surface area (Å²) in [6.07, 6.45) is 31.2. The van der Waals surface area contributed by atoms with E-state index in [4.69, 9.17) is 5.73 Å². The van der Waals surface area contributed by atoms with E-state index in [-0.39, 0.29) is 17.2 Å². The molecule has 0 fully saturated rings. The van der Waals surface area contributed by atoms with Crippen LogP contribution in [0.4, 0.5) is 0 Å². The minimum absolute atomic E-state index is 0.0254. The number of hydrogen-bond acceptors (Lipinski definition) is 3. The number of carboxylic acid groups (broad SMARTS) is 1. The molecule has 3 N–H and O–H groups in total. The molecule has 0 aliphatic carbocycles. The third-order valence-corrected chi connectivity index (χ3v) is 6.82. The van der Waals surface area contributed by atoms with Gasteiger partial charge in [0.25, 0.3) is 0 Å². The predicted octanol–water partition coefficient (Wildman–Crippen LogP) is 7.67. The van der Waals surface area contributed by atoms with Gasteiger partial charge in [-0.3, -0.25) is 5.73 Å². The van der Waals surface area contributed by atoms with Gasteiger partial charge in [0, 0.05) is 13.3 Å². The van der Waals surface area contributed by atoms with E-state index in [0.717, 1.165) is 18.7 Å². The fourth-order valence-corrected chi connectivity index (χ4v) is 4.65. The van der Waals surface area contributed by atoms with Gasteiger partial charge in [-0.05, 0) is 32.1 Å². The molecule has 1 aliphatic rings. The third kappa shape index (κ3) is 13.1. The van der Waals surface area contributed by atoms with Crippen LogP contribution in [0, 0.1) is 0 Å². The molecule has 0 saturated heterocycles. The second kappa shape index (κ2) is 18.9. The van der Waals surface area contributed by atoms with E-state index >= 15 is 0 Å². The van der Waals surface area contributed by atoms with E-state index in [1.807, 2.05) is 13.1 Å². The van der Waals surface area contributed by atoms with Crippen molar-refractivity contribution in [1.29, 1.82) is 0 Å². The third-order valence-electron chi connectivity index (χ3n) is 6.82. The number of nitrogens with zero attached hydrogens (tertiary/aromatic N) is 2. The van der Waals surface area contributed by atoms with Crippen molar-refractivity contribution >= 4 is 11.8 Å². The number of rotatable bonds is 22. The molecule has 190 valence electrons. The van der Waals surface area contributed by atoms with Crippen LogP contribution in [-0.2, 0) is 4.79 Å². The van der Waals surface area contributed by atoms with Crippen molar-refractivity contribution in [2.75, 3.05) is 6.54 Å². The molecule has 0 spiro atoms. The number of aliphatic imine (C=N–C) groups is 1. The number of amidine groups is 1. The van der Waals surface area contributed by atoms with Crippen molar-refractivity contribution in [3.63, 3.8) is 0 Å². The van der Waals surface area contributed by atoms with Crippen molar-refractivity contribution in [2.24, 2.45) is 10.7 Å². The maximum absolute atomic E-state index is 11.3. The molecule has 0 saturated carbocycles. The Morgan fingerprint density at radius 1 is 0.909 bits per heavy atom. The van der Waals surface area contributed by atoms with Gasteiger partial charge in [0.05, 0.1) is 6.20 Å². The van der Waals surface area contributed by atoms with E-state index in [9.17, 15) is 9.90 Å². The van der Waals surface area contributed by atoms with Crippen LogP contribution in [0.25, 0.3) is 0 Å². The van der Waals surface area contributed by atoms with Gasteiger partial charge >= 0.3 is 5.97 Å². The summed E-state index contributed by atoms with van der Waals surface area (Å²) in [7, 11) is 0. The number of allylic oxidation sites excluding steroid dienone is 2. The van der Waals surface area contributed by atoms with Crippen LogP contribution in [0.15, 0.2) is 29.5 Å². The van der Waals surface area contributed by atoms with Crippen LogP contribution < -0.4 is 5.73 Å². The Morgan fingerprint density at radius 3 is 1.88 bits per heavy atom. The monoisotopic (exact) mass is 462 g/mol. The Hall–Kier alpha value is -1.46. The molecule has 1 aliphatic heterocycles. The normalized spacial score (nSPS) is 18.8. The highest BCUT2D eigenvalue weighted by Crippen LogP contribution is 2.23. The van der Waals surface area contributed by atoms with Gasteiger partial charge < -0.3 is 5.11 Å². The largest absolute Gasteiger partial charge is 0.477 e. The molecule has 0 aromatic rings. The van der Waals surface area contributed by atoms with Crippen LogP contribution in [0.1, 0.15) is 129 Å². The summed E-state index contributed by atoms with van der Waals surface area (Å²) in [6, 6.07) is 0. The van der Waals surface area contributed by atoms with Gasteiger partial charge in [-0.25, -0.2) is 14.3 Å². The number of nitrogens with two attached hydrogens (primary N) is 1. The highest BCUT2D eigenvalue weighted by Gasteiger charge is 2.40. The second-order valence-electron chi connectivity index (χ2n) is 9.81. The zero-order valence-electron chi connectivity index (χ0n) is 21.6. The molecule has 2 unspecified atom stereocenters. The van der Waals surface area contributed by atoms with Gasteiger partial charge in [-0.2, -0.15) is 0 Å². The van der Waals surface area contributed by atoms with E-state index < -0.39 is 5.97 Å². The molecule has 0 aromatic heterocycles. The van der Waals surface area contributed by atoms with Gasteiger partial charge in [0.15, 0.2) is 6.54 Å². The Morgan fingerprint density at radius 2 is 1.39 bits per heavy atom. The lowest BCUT2D eigenvalue weighted by Gasteiger charge is -2.34. The fourth-order valence-electron chi connectivity index (χ4n) is 4.65. The van der Waals surface area contributed by atoms with Gasteiger partial charge in [-0.15, -0.1) is 0 Å². The summed E-state index contributed by atoms with van der Waals surface area (Å²) in [4.78, 5) is 15.7. The molecule has 0 bridgehead atoms. The average Bonchev–Trinajstić information content (AvgIpc) is 3.18. The number of carboxylic acids is 1. The first kappa shape index (κ1) is 29.6. The molecule has 1 heterocycles. The lowest BCUT2D eigenvalue weighted by molar-refractivity contribution is -0.805. The number of unbranched alkanes of at least 4 members (excludes halogenated alkanes) is 15. The topological polar surface area (TPSA) is 75.7 Å². The first-order valence-electron chi connectivity index (χ1n) is 13.8. The maximum Gasteiger partial charge on any atom is 0.360 e. The molecular formula is C28H52N3O2+. The van der Waals surface area contributed by atoms with E-state index in [1.54, 1.807) is 6.20 Å². The summed E-state index contributed by atoms with van der Waals surface area (Å²) in [5.74, 6) is 0.0606. The Labute approximate surface area is 203 Å². The van der Waals surface area contributed by atoms with E-state index in [0.29, 0.717) is 0 Å². The molecule has 1 rings (SSSR count). The molecule has 0 amide bonds. The fraction of sp³-hybridized carbons (Fsp3) is 0.786. The Kier molecular flexibility index (Phi) is 16.9. The second-order valence-corrected chi connectivity index (χ2v) is 9.81. The standard InChI is InChI=1S/C28H51N3O2/c1-3-4-5-6-7-8-9-10-11-12-13-14-15-16-17-18-19-20-21-22-27-30-23-24-31(27,26(2)29)25-28(32)33/h9-10,23-24,26H,3-8,11-22,25,29H2,1-2H3/p+1/b10-9+. The Bertz CT molecular complexity index is 598. The summed E-state index contributed by atoms with van der Waals surface area (Å²) in [5, 5.41) is 9.28. The average molecular weight is 463 g/mol. The van der Waals surface area contributed by atoms with Crippen LogP contribution in [-0.4, -0.2) is 34.1 Å². The van der Waals surface area contributed by atoms with Crippen LogP contribution in [0.5, 0.6) is 0 Å². The van der Waals surface area contributed by atoms with Crippen molar-refractivity contribution in [3.05, 3.63) is 24.6 Å². The van der Waals surface area contributed by atoms with E-state index in [2.05, 4.69) is 24.1 Å².